The van der Waals surface area contributed by atoms with Gasteiger partial charge in [-0.15, -0.1) is 0 Å². The lowest BCUT2D eigenvalue weighted by molar-refractivity contribution is -0.133. The number of amides is 1. The molecule has 1 atom stereocenters. The number of carbonyl (C=O) groups excluding carboxylic acids is 1. The minimum absolute atomic E-state index is 0.216. The SMILES string of the molecule is O=C(CO)N1CC[C@H](Oc2cc(-n3c(C(F)F)nc4ccccc43)nc(N3CCOCC3)n2)C1. The number of benzene rings is 1. The molecule has 0 saturated carbocycles. The number of halogens is 2. The van der Waals surface area contributed by atoms with Crippen LogP contribution in [-0.2, 0) is 9.53 Å². The fourth-order valence-corrected chi connectivity index (χ4v) is 4.23. The van der Waals surface area contributed by atoms with Gasteiger partial charge in [0.25, 0.3) is 6.43 Å². The number of fused-ring (bicyclic) bond motifs is 1. The third-order valence-corrected chi connectivity index (χ3v) is 5.90. The Morgan fingerprint density at radius 3 is 2.74 bits per heavy atom. The Bertz CT molecular complexity index is 1180. The maximum absolute atomic E-state index is 13.9. The molecule has 3 aromatic rings. The van der Waals surface area contributed by atoms with Gasteiger partial charge < -0.3 is 24.4 Å². The molecular formula is C22H24F2N6O4. The highest BCUT2D eigenvalue weighted by Gasteiger charge is 2.29. The van der Waals surface area contributed by atoms with E-state index in [2.05, 4.69) is 15.0 Å². The van der Waals surface area contributed by atoms with Gasteiger partial charge in [0.05, 0.1) is 30.8 Å². The minimum atomic E-state index is -2.81. The summed E-state index contributed by atoms with van der Waals surface area (Å²) < 4.78 is 40.7. The van der Waals surface area contributed by atoms with Crippen LogP contribution in [0.25, 0.3) is 16.9 Å². The van der Waals surface area contributed by atoms with Crippen LogP contribution in [0.5, 0.6) is 5.88 Å². The maximum atomic E-state index is 13.9. The molecule has 2 aliphatic rings. The quantitative estimate of drug-likeness (QED) is 0.574. The van der Waals surface area contributed by atoms with Crippen molar-refractivity contribution in [3.63, 3.8) is 0 Å². The summed E-state index contributed by atoms with van der Waals surface area (Å²) >= 11 is 0. The number of rotatable bonds is 6. The molecule has 0 aliphatic carbocycles. The van der Waals surface area contributed by atoms with E-state index in [9.17, 15) is 13.6 Å². The van der Waals surface area contributed by atoms with E-state index in [0.717, 1.165) is 0 Å². The van der Waals surface area contributed by atoms with Gasteiger partial charge in [-0.3, -0.25) is 9.36 Å². The van der Waals surface area contributed by atoms with Crippen LogP contribution in [0, 0.1) is 0 Å². The van der Waals surface area contributed by atoms with Gasteiger partial charge >= 0.3 is 0 Å². The number of para-hydroxylation sites is 2. The molecule has 34 heavy (non-hydrogen) atoms. The van der Waals surface area contributed by atoms with Crippen LogP contribution in [-0.4, -0.2) is 87.5 Å². The number of morpholine rings is 1. The van der Waals surface area contributed by atoms with E-state index in [1.807, 2.05) is 4.90 Å². The van der Waals surface area contributed by atoms with Crippen LogP contribution in [0.3, 0.4) is 0 Å². The van der Waals surface area contributed by atoms with Crippen molar-refractivity contribution in [1.82, 2.24) is 24.4 Å². The van der Waals surface area contributed by atoms with Gasteiger partial charge in [0.1, 0.15) is 18.5 Å². The van der Waals surface area contributed by atoms with Crippen molar-refractivity contribution in [3.8, 4) is 11.7 Å². The molecule has 0 bridgehead atoms. The Balaban J connectivity index is 1.55. The van der Waals surface area contributed by atoms with Crippen molar-refractivity contribution in [1.29, 1.82) is 0 Å². The minimum Gasteiger partial charge on any atom is -0.472 e. The van der Waals surface area contributed by atoms with Gasteiger partial charge in [0, 0.05) is 32.1 Å². The summed E-state index contributed by atoms with van der Waals surface area (Å²) in [5, 5.41) is 9.11. The fourth-order valence-electron chi connectivity index (χ4n) is 4.23. The van der Waals surface area contributed by atoms with E-state index in [1.54, 1.807) is 24.3 Å². The molecule has 2 aliphatic heterocycles. The number of likely N-dealkylation sites (tertiary alicyclic amines) is 1. The zero-order chi connectivity index (χ0) is 23.7. The van der Waals surface area contributed by atoms with Crippen molar-refractivity contribution in [3.05, 3.63) is 36.2 Å². The first kappa shape index (κ1) is 22.4. The Kier molecular flexibility index (Phi) is 6.24. The highest BCUT2D eigenvalue weighted by Crippen LogP contribution is 2.30. The summed E-state index contributed by atoms with van der Waals surface area (Å²) in [6.45, 7) is 2.31. The summed E-state index contributed by atoms with van der Waals surface area (Å²) in [6.07, 6.45) is -2.59. The molecule has 180 valence electrons. The first-order valence-corrected chi connectivity index (χ1v) is 11.1. The van der Waals surface area contributed by atoms with Gasteiger partial charge in [-0.1, -0.05) is 12.1 Å². The van der Waals surface area contributed by atoms with Crippen LogP contribution in [0.15, 0.2) is 30.3 Å². The lowest BCUT2D eigenvalue weighted by Gasteiger charge is -2.27. The number of aliphatic hydroxyl groups is 1. The number of ether oxygens (including phenoxy) is 2. The molecule has 0 unspecified atom stereocenters. The van der Waals surface area contributed by atoms with Gasteiger partial charge in [-0.05, 0) is 12.1 Å². The first-order chi connectivity index (χ1) is 16.5. The highest BCUT2D eigenvalue weighted by molar-refractivity contribution is 5.78. The predicted octanol–water partition coefficient (Wildman–Crippen LogP) is 1.56. The molecule has 1 aromatic carbocycles. The number of anilines is 1. The second kappa shape index (κ2) is 9.47. The van der Waals surface area contributed by atoms with Crippen LogP contribution < -0.4 is 9.64 Å². The van der Waals surface area contributed by atoms with Crippen LogP contribution in [0.4, 0.5) is 14.7 Å². The van der Waals surface area contributed by atoms with E-state index in [-0.39, 0.29) is 23.7 Å². The Morgan fingerprint density at radius 2 is 1.97 bits per heavy atom. The first-order valence-electron chi connectivity index (χ1n) is 11.1. The Hall–Kier alpha value is -3.38. The largest absolute Gasteiger partial charge is 0.472 e. The number of imidazole rings is 1. The summed E-state index contributed by atoms with van der Waals surface area (Å²) in [4.78, 5) is 28.5. The third kappa shape index (κ3) is 4.38. The maximum Gasteiger partial charge on any atom is 0.296 e. The molecule has 4 heterocycles. The molecule has 2 fully saturated rings. The normalized spacial score (nSPS) is 18.8. The summed E-state index contributed by atoms with van der Waals surface area (Å²) in [5.74, 6) is -0.00560. The van der Waals surface area contributed by atoms with E-state index in [0.29, 0.717) is 62.8 Å². The second-order valence-corrected chi connectivity index (χ2v) is 8.09. The Labute approximate surface area is 193 Å². The molecular weight excluding hydrogens is 450 g/mol. The fraction of sp³-hybridized carbons (Fsp3) is 0.455. The number of aliphatic hydroxyl groups excluding tert-OH is 1. The van der Waals surface area contributed by atoms with Gasteiger partial charge in [-0.25, -0.2) is 13.8 Å². The van der Waals surface area contributed by atoms with Gasteiger partial charge in [0.15, 0.2) is 5.82 Å². The molecule has 1 amide bonds. The molecule has 2 aromatic heterocycles. The smallest absolute Gasteiger partial charge is 0.296 e. The van der Waals surface area contributed by atoms with E-state index >= 15 is 0 Å². The van der Waals surface area contributed by atoms with Crippen molar-refractivity contribution >= 4 is 22.9 Å². The van der Waals surface area contributed by atoms with Gasteiger partial charge in [-0.2, -0.15) is 9.97 Å². The lowest BCUT2D eigenvalue weighted by Crippen LogP contribution is -2.37. The number of alkyl halides is 2. The van der Waals surface area contributed by atoms with Gasteiger partial charge in [0.2, 0.25) is 17.7 Å². The molecule has 0 spiro atoms. The number of nitrogens with zero attached hydrogens (tertiary/aromatic N) is 6. The van der Waals surface area contributed by atoms with Crippen molar-refractivity contribution < 1.29 is 28.2 Å². The number of hydrogen-bond donors (Lipinski definition) is 1. The van der Waals surface area contributed by atoms with Crippen molar-refractivity contribution in [2.75, 3.05) is 50.9 Å². The monoisotopic (exact) mass is 474 g/mol. The summed E-state index contributed by atoms with van der Waals surface area (Å²) in [7, 11) is 0. The summed E-state index contributed by atoms with van der Waals surface area (Å²) in [5.41, 5.74) is 0.928. The average Bonchev–Trinajstić information content (AvgIpc) is 3.49. The zero-order valence-electron chi connectivity index (χ0n) is 18.3. The molecule has 5 rings (SSSR count). The van der Waals surface area contributed by atoms with Crippen molar-refractivity contribution in [2.24, 2.45) is 0 Å². The summed E-state index contributed by atoms with van der Waals surface area (Å²) in [6, 6.07) is 8.39. The molecule has 0 radical (unpaired) electrons. The second-order valence-electron chi connectivity index (χ2n) is 8.09. The van der Waals surface area contributed by atoms with Crippen LogP contribution >= 0.6 is 0 Å². The van der Waals surface area contributed by atoms with E-state index < -0.39 is 18.9 Å². The Morgan fingerprint density at radius 1 is 1.18 bits per heavy atom. The zero-order valence-corrected chi connectivity index (χ0v) is 18.3. The lowest BCUT2D eigenvalue weighted by atomic mass is 10.3. The predicted molar refractivity (Wildman–Crippen MR) is 117 cm³/mol. The standard InChI is InChI=1S/C22H24F2N6O4/c23-20(24)21-25-15-3-1-2-4-16(15)30(21)17-11-18(27-22(26-17)28-7-9-33-10-8-28)34-14-5-6-29(12-14)19(32)13-31/h1-4,11,14,20,31H,5-10,12-13H2/t14-/m0/s1. The van der Waals surface area contributed by atoms with Crippen LogP contribution in [0.2, 0.25) is 0 Å². The number of hydrogen-bond acceptors (Lipinski definition) is 8. The van der Waals surface area contributed by atoms with Crippen LogP contribution in [0.1, 0.15) is 18.7 Å². The number of carbonyl (C=O) groups is 1. The molecule has 1 N–H and O–H groups in total. The number of aromatic nitrogens is 4. The third-order valence-electron chi connectivity index (χ3n) is 5.90. The molecule has 10 nitrogen and oxygen atoms in total. The highest BCUT2D eigenvalue weighted by atomic mass is 19.3. The average molecular weight is 474 g/mol. The van der Waals surface area contributed by atoms with Crippen molar-refractivity contribution in [2.45, 2.75) is 19.0 Å². The van der Waals surface area contributed by atoms with E-state index in [1.165, 1.54) is 15.5 Å². The van der Waals surface area contributed by atoms with E-state index in [4.69, 9.17) is 14.6 Å². The molecule has 12 heteroatoms. The topological polar surface area (TPSA) is 106 Å². The molecule has 2 saturated heterocycles.